The van der Waals surface area contributed by atoms with E-state index < -0.39 is 11.6 Å². The molecule has 1 aromatic carbocycles. The molecule has 6 heteroatoms. The second kappa shape index (κ2) is 7.31. The molecular weight excluding hydrogens is 266 g/mol. The molecule has 4 nitrogen and oxygen atoms in total. The molecule has 1 heterocycles. The summed E-state index contributed by atoms with van der Waals surface area (Å²) in [6.45, 7) is 2.11. The smallest absolute Gasteiger partial charge is 0.221 e. The fraction of sp³-hybridized carbons (Fsp3) is 0.500. The van der Waals surface area contributed by atoms with Crippen LogP contribution in [0.2, 0.25) is 0 Å². The van der Waals surface area contributed by atoms with E-state index in [9.17, 15) is 13.6 Å². The summed E-state index contributed by atoms with van der Waals surface area (Å²) < 4.78 is 32.0. The predicted molar refractivity (Wildman–Crippen MR) is 70.3 cm³/mol. The molecule has 1 saturated heterocycles. The number of carbonyl (C=O) groups is 1. The Morgan fingerprint density at radius 1 is 1.40 bits per heavy atom. The zero-order chi connectivity index (χ0) is 14.4. The second-order valence-corrected chi connectivity index (χ2v) is 4.73. The third-order valence-electron chi connectivity index (χ3n) is 3.19. The molecule has 1 amide bonds. The van der Waals surface area contributed by atoms with Crippen LogP contribution in [0.3, 0.4) is 0 Å². The maximum atomic E-state index is 13.4. The van der Waals surface area contributed by atoms with Crippen molar-refractivity contribution in [2.24, 2.45) is 0 Å². The summed E-state index contributed by atoms with van der Waals surface area (Å²) in [6.07, 6.45) is 0.443. The maximum Gasteiger partial charge on any atom is 0.221 e. The Bertz CT molecular complexity index is 442. The lowest BCUT2D eigenvalue weighted by atomic mass is 10.1. The zero-order valence-electron chi connectivity index (χ0n) is 11.1. The molecule has 0 spiro atoms. The number of ether oxygens (including phenoxy) is 1. The van der Waals surface area contributed by atoms with Crippen molar-refractivity contribution in [2.75, 3.05) is 26.3 Å². The summed E-state index contributed by atoms with van der Waals surface area (Å²) in [5, 5.41) is 5.84. The van der Waals surface area contributed by atoms with Gasteiger partial charge in [0, 0.05) is 31.1 Å². The highest BCUT2D eigenvalue weighted by molar-refractivity contribution is 5.76. The SMILES string of the molecule is O=C(CC1COCCN1)NCCc1c(F)cccc1F. The summed E-state index contributed by atoms with van der Waals surface area (Å²) >= 11 is 0. The van der Waals surface area contributed by atoms with Gasteiger partial charge in [0.25, 0.3) is 0 Å². The van der Waals surface area contributed by atoms with Crippen LogP contribution in [0.1, 0.15) is 12.0 Å². The fourth-order valence-corrected chi connectivity index (χ4v) is 2.14. The highest BCUT2D eigenvalue weighted by atomic mass is 19.1. The van der Waals surface area contributed by atoms with E-state index in [4.69, 9.17) is 4.74 Å². The van der Waals surface area contributed by atoms with Gasteiger partial charge >= 0.3 is 0 Å². The van der Waals surface area contributed by atoms with Crippen molar-refractivity contribution in [3.63, 3.8) is 0 Å². The lowest BCUT2D eigenvalue weighted by molar-refractivity contribution is -0.122. The fourth-order valence-electron chi connectivity index (χ4n) is 2.14. The minimum Gasteiger partial charge on any atom is -0.378 e. The predicted octanol–water partition coefficient (Wildman–Crippen LogP) is 1.00. The number of hydrogen-bond donors (Lipinski definition) is 2. The molecule has 1 fully saturated rings. The summed E-state index contributed by atoms with van der Waals surface area (Å²) in [7, 11) is 0. The molecule has 1 aliphatic rings. The average molecular weight is 284 g/mol. The first-order valence-electron chi connectivity index (χ1n) is 6.67. The number of nitrogens with one attached hydrogen (secondary N) is 2. The Morgan fingerprint density at radius 3 is 2.80 bits per heavy atom. The van der Waals surface area contributed by atoms with E-state index in [-0.39, 0.29) is 30.5 Å². The van der Waals surface area contributed by atoms with Crippen molar-refractivity contribution in [1.29, 1.82) is 0 Å². The van der Waals surface area contributed by atoms with Crippen molar-refractivity contribution in [1.82, 2.24) is 10.6 Å². The van der Waals surface area contributed by atoms with Gasteiger partial charge in [0.1, 0.15) is 11.6 Å². The van der Waals surface area contributed by atoms with E-state index in [0.717, 1.165) is 6.54 Å². The molecular formula is C14H18F2N2O2. The van der Waals surface area contributed by atoms with Crippen LogP contribution in [0.15, 0.2) is 18.2 Å². The largest absolute Gasteiger partial charge is 0.378 e. The molecule has 0 bridgehead atoms. The molecule has 1 atom stereocenters. The average Bonchev–Trinajstić information content (AvgIpc) is 2.43. The Balaban J connectivity index is 1.73. The van der Waals surface area contributed by atoms with E-state index in [0.29, 0.717) is 19.6 Å². The Morgan fingerprint density at radius 2 is 2.15 bits per heavy atom. The zero-order valence-corrected chi connectivity index (χ0v) is 11.1. The normalized spacial score (nSPS) is 18.8. The van der Waals surface area contributed by atoms with E-state index in [1.807, 2.05) is 0 Å². The van der Waals surface area contributed by atoms with Crippen LogP contribution in [0.25, 0.3) is 0 Å². The molecule has 110 valence electrons. The first kappa shape index (κ1) is 14.9. The summed E-state index contributed by atoms with van der Waals surface area (Å²) in [5.41, 5.74) is 0.00641. The molecule has 0 aliphatic carbocycles. The van der Waals surface area contributed by atoms with Crippen molar-refractivity contribution in [2.45, 2.75) is 18.9 Å². The highest BCUT2D eigenvalue weighted by Gasteiger charge is 2.16. The van der Waals surface area contributed by atoms with Crippen LogP contribution in [-0.2, 0) is 16.0 Å². The van der Waals surface area contributed by atoms with Crippen molar-refractivity contribution < 1.29 is 18.3 Å². The monoisotopic (exact) mass is 284 g/mol. The van der Waals surface area contributed by atoms with E-state index in [1.54, 1.807) is 0 Å². The van der Waals surface area contributed by atoms with Gasteiger partial charge in [0.15, 0.2) is 0 Å². The molecule has 0 saturated carbocycles. The summed E-state index contributed by atoms with van der Waals surface area (Å²) in [6, 6.07) is 3.75. The standard InChI is InChI=1S/C14H18F2N2O2/c15-12-2-1-3-13(16)11(12)4-5-18-14(19)8-10-9-20-7-6-17-10/h1-3,10,17H,4-9H2,(H,18,19). The van der Waals surface area contributed by atoms with E-state index in [1.165, 1.54) is 18.2 Å². The Hall–Kier alpha value is -1.53. The minimum atomic E-state index is -0.582. The van der Waals surface area contributed by atoms with Gasteiger partial charge in [-0.3, -0.25) is 4.79 Å². The van der Waals surface area contributed by atoms with Gasteiger partial charge in [0.2, 0.25) is 5.91 Å². The minimum absolute atomic E-state index is 0.00641. The number of hydrogen-bond acceptors (Lipinski definition) is 3. The number of carbonyl (C=O) groups excluding carboxylic acids is 1. The number of amides is 1. The van der Waals surface area contributed by atoms with Gasteiger partial charge in [0.05, 0.1) is 13.2 Å². The quantitative estimate of drug-likeness (QED) is 0.848. The Kier molecular flexibility index (Phi) is 5.43. The summed E-state index contributed by atoms with van der Waals surface area (Å²) in [5.74, 6) is -1.31. The van der Waals surface area contributed by atoms with Gasteiger partial charge in [-0.2, -0.15) is 0 Å². The van der Waals surface area contributed by atoms with Crippen LogP contribution in [-0.4, -0.2) is 38.3 Å². The number of morpholine rings is 1. The van der Waals surface area contributed by atoms with Crippen LogP contribution >= 0.6 is 0 Å². The third kappa shape index (κ3) is 4.25. The molecule has 20 heavy (non-hydrogen) atoms. The molecule has 1 aliphatic heterocycles. The first-order valence-corrected chi connectivity index (χ1v) is 6.67. The molecule has 2 N–H and O–H groups in total. The third-order valence-corrected chi connectivity index (χ3v) is 3.19. The van der Waals surface area contributed by atoms with Crippen LogP contribution in [0.4, 0.5) is 8.78 Å². The number of halogens is 2. The highest BCUT2D eigenvalue weighted by Crippen LogP contribution is 2.12. The lowest BCUT2D eigenvalue weighted by Crippen LogP contribution is -2.44. The van der Waals surface area contributed by atoms with Gasteiger partial charge < -0.3 is 15.4 Å². The maximum absolute atomic E-state index is 13.4. The van der Waals surface area contributed by atoms with Crippen molar-refractivity contribution in [3.05, 3.63) is 35.4 Å². The summed E-state index contributed by atoms with van der Waals surface area (Å²) in [4.78, 5) is 11.7. The molecule has 2 rings (SSSR count). The molecule has 1 aromatic rings. The van der Waals surface area contributed by atoms with Crippen molar-refractivity contribution >= 4 is 5.91 Å². The number of benzene rings is 1. The van der Waals surface area contributed by atoms with Crippen molar-refractivity contribution in [3.8, 4) is 0 Å². The van der Waals surface area contributed by atoms with Gasteiger partial charge in [-0.1, -0.05) is 6.07 Å². The van der Waals surface area contributed by atoms with Crippen LogP contribution in [0.5, 0.6) is 0 Å². The molecule has 1 unspecified atom stereocenters. The molecule has 0 radical (unpaired) electrons. The Labute approximate surface area is 116 Å². The van der Waals surface area contributed by atoms with Crippen LogP contribution in [0, 0.1) is 11.6 Å². The first-order chi connectivity index (χ1) is 9.66. The van der Waals surface area contributed by atoms with Gasteiger partial charge in [-0.05, 0) is 18.6 Å². The van der Waals surface area contributed by atoms with E-state index in [2.05, 4.69) is 10.6 Å². The topological polar surface area (TPSA) is 50.4 Å². The molecule has 0 aromatic heterocycles. The lowest BCUT2D eigenvalue weighted by Gasteiger charge is -2.23. The van der Waals surface area contributed by atoms with Gasteiger partial charge in [-0.15, -0.1) is 0 Å². The van der Waals surface area contributed by atoms with Crippen LogP contribution < -0.4 is 10.6 Å². The second-order valence-electron chi connectivity index (χ2n) is 4.73. The van der Waals surface area contributed by atoms with Gasteiger partial charge in [-0.25, -0.2) is 8.78 Å². The number of rotatable bonds is 5. The van der Waals surface area contributed by atoms with E-state index >= 15 is 0 Å².